The van der Waals surface area contributed by atoms with Crippen LogP contribution in [0.25, 0.3) is 22.0 Å². The van der Waals surface area contributed by atoms with Gasteiger partial charge in [-0.25, -0.2) is 4.98 Å². The van der Waals surface area contributed by atoms with Crippen molar-refractivity contribution >= 4 is 28.0 Å². The van der Waals surface area contributed by atoms with Gasteiger partial charge in [0, 0.05) is 36.7 Å². The number of hydrogen-bond acceptors (Lipinski definition) is 4. The molecule has 0 fully saturated rings. The molecule has 0 atom stereocenters. The molecule has 1 amide bonds. The molecule has 0 spiro atoms. The highest BCUT2D eigenvalue weighted by Gasteiger charge is 2.31. The van der Waals surface area contributed by atoms with Crippen LogP contribution < -0.4 is 10.1 Å². The summed E-state index contributed by atoms with van der Waals surface area (Å²) in [5.74, 6) is 0.449. The van der Waals surface area contributed by atoms with Crippen LogP contribution >= 0.6 is 0 Å². The maximum absolute atomic E-state index is 13.9. The number of H-pyrrole nitrogens is 1. The van der Waals surface area contributed by atoms with Crippen LogP contribution in [0.5, 0.6) is 5.88 Å². The molecule has 0 aliphatic heterocycles. The highest BCUT2D eigenvalue weighted by molar-refractivity contribution is 6.00. The van der Waals surface area contributed by atoms with E-state index >= 15 is 0 Å². The lowest BCUT2D eigenvalue weighted by molar-refractivity contribution is -0.123. The number of ether oxygens (including phenoxy) is 1. The molecule has 2 aromatic carbocycles. The molecule has 0 saturated heterocycles. The molecule has 0 unspecified atom stereocenters. The van der Waals surface area contributed by atoms with Crippen LogP contribution in [0.3, 0.4) is 0 Å². The molecule has 4 aromatic rings. The fraction of sp³-hybridized carbons (Fsp3) is 0.300. The minimum atomic E-state index is -4.41. The Morgan fingerprint density at radius 2 is 1.69 bits per heavy atom. The SMILES string of the molecule is CNC(=O)CCCCCCOc1ccc(/C(=C(/CC(F)(F)F)c2ccccc2)c2ccc3[nH]ncc3c2)cn1. The third-order valence-corrected chi connectivity index (χ3v) is 6.38. The van der Waals surface area contributed by atoms with E-state index in [1.807, 2.05) is 12.1 Å². The second kappa shape index (κ2) is 13.1. The second-order valence-corrected chi connectivity index (χ2v) is 9.25. The fourth-order valence-corrected chi connectivity index (χ4v) is 4.44. The topological polar surface area (TPSA) is 79.9 Å². The Balaban J connectivity index is 1.59. The number of aromatic amines is 1. The van der Waals surface area contributed by atoms with Crippen LogP contribution in [-0.2, 0) is 4.79 Å². The summed E-state index contributed by atoms with van der Waals surface area (Å²) in [4.78, 5) is 15.7. The van der Waals surface area contributed by atoms with Crippen molar-refractivity contribution in [3.8, 4) is 5.88 Å². The minimum absolute atomic E-state index is 0.0410. The minimum Gasteiger partial charge on any atom is -0.478 e. The summed E-state index contributed by atoms with van der Waals surface area (Å²) in [5, 5.41) is 10.3. The molecule has 39 heavy (non-hydrogen) atoms. The van der Waals surface area contributed by atoms with Gasteiger partial charge >= 0.3 is 6.18 Å². The second-order valence-electron chi connectivity index (χ2n) is 9.25. The van der Waals surface area contributed by atoms with Crippen LogP contribution in [0.1, 0.15) is 55.2 Å². The Bertz CT molecular complexity index is 1400. The molecule has 0 saturated carbocycles. The van der Waals surface area contributed by atoms with Gasteiger partial charge in [-0.05, 0) is 53.3 Å². The van der Waals surface area contributed by atoms with Crippen LogP contribution in [0.4, 0.5) is 13.2 Å². The summed E-state index contributed by atoms with van der Waals surface area (Å²) in [6, 6.07) is 17.5. The van der Waals surface area contributed by atoms with Gasteiger partial charge in [-0.15, -0.1) is 0 Å². The number of amides is 1. The monoisotopic (exact) mass is 536 g/mol. The zero-order valence-electron chi connectivity index (χ0n) is 21.7. The van der Waals surface area contributed by atoms with Gasteiger partial charge in [-0.1, -0.05) is 49.2 Å². The van der Waals surface area contributed by atoms with Crippen molar-refractivity contribution in [3.05, 3.63) is 89.7 Å². The van der Waals surface area contributed by atoms with Gasteiger partial charge < -0.3 is 10.1 Å². The molecule has 2 aromatic heterocycles. The van der Waals surface area contributed by atoms with Gasteiger partial charge in [0.15, 0.2) is 0 Å². The average molecular weight is 537 g/mol. The molecule has 0 aliphatic rings. The van der Waals surface area contributed by atoms with Crippen LogP contribution in [0.2, 0.25) is 0 Å². The predicted octanol–water partition coefficient (Wildman–Crippen LogP) is 6.94. The number of carbonyl (C=O) groups is 1. The Kier molecular flexibility index (Phi) is 9.35. The van der Waals surface area contributed by atoms with Gasteiger partial charge in [0.05, 0.1) is 24.7 Å². The summed E-state index contributed by atoms with van der Waals surface area (Å²) >= 11 is 0. The highest BCUT2D eigenvalue weighted by Crippen LogP contribution is 2.39. The van der Waals surface area contributed by atoms with E-state index in [4.69, 9.17) is 4.74 Å². The largest absolute Gasteiger partial charge is 0.478 e. The first-order valence-corrected chi connectivity index (χ1v) is 12.9. The molecule has 0 radical (unpaired) electrons. The van der Waals surface area contributed by atoms with E-state index in [9.17, 15) is 18.0 Å². The van der Waals surface area contributed by atoms with Crippen LogP contribution in [0, 0.1) is 0 Å². The first kappa shape index (κ1) is 27.9. The molecule has 0 aliphatic carbocycles. The molecular weight excluding hydrogens is 505 g/mol. The van der Waals surface area contributed by atoms with E-state index in [0.717, 1.165) is 36.6 Å². The smallest absolute Gasteiger partial charge is 0.393 e. The van der Waals surface area contributed by atoms with Crippen molar-refractivity contribution in [2.24, 2.45) is 0 Å². The number of unbranched alkanes of at least 4 members (excludes halogenated alkanes) is 3. The van der Waals surface area contributed by atoms with Gasteiger partial charge in [0.2, 0.25) is 11.8 Å². The number of rotatable bonds is 12. The van der Waals surface area contributed by atoms with E-state index in [0.29, 0.717) is 41.2 Å². The van der Waals surface area contributed by atoms with Crippen LogP contribution in [0.15, 0.2) is 73.1 Å². The Morgan fingerprint density at radius 1 is 0.923 bits per heavy atom. The number of halogens is 3. The van der Waals surface area contributed by atoms with Crippen molar-refractivity contribution in [1.29, 1.82) is 0 Å². The number of fused-ring (bicyclic) bond motifs is 1. The summed E-state index contributed by atoms with van der Waals surface area (Å²) < 4.78 is 47.3. The molecule has 2 N–H and O–H groups in total. The lowest BCUT2D eigenvalue weighted by atomic mass is 9.88. The number of benzene rings is 2. The van der Waals surface area contributed by atoms with Gasteiger partial charge in [0.1, 0.15) is 0 Å². The van der Waals surface area contributed by atoms with E-state index in [1.165, 1.54) is 0 Å². The normalized spacial score (nSPS) is 12.3. The summed E-state index contributed by atoms with van der Waals surface area (Å²) in [6.07, 6.45) is 1.73. The Morgan fingerprint density at radius 3 is 2.41 bits per heavy atom. The summed E-state index contributed by atoms with van der Waals surface area (Å²) in [5.41, 5.74) is 3.11. The first-order chi connectivity index (χ1) is 18.8. The van der Waals surface area contributed by atoms with Gasteiger partial charge in [-0.2, -0.15) is 18.3 Å². The van der Waals surface area contributed by atoms with Crippen molar-refractivity contribution in [2.45, 2.75) is 44.7 Å². The highest BCUT2D eigenvalue weighted by atomic mass is 19.4. The number of pyridine rings is 1. The van der Waals surface area contributed by atoms with E-state index < -0.39 is 12.6 Å². The predicted molar refractivity (Wildman–Crippen MR) is 146 cm³/mol. The van der Waals surface area contributed by atoms with Crippen molar-refractivity contribution in [3.63, 3.8) is 0 Å². The van der Waals surface area contributed by atoms with Gasteiger partial charge in [-0.3, -0.25) is 9.89 Å². The number of nitrogens with one attached hydrogen (secondary N) is 2. The van der Waals surface area contributed by atoms with E-state index in [2.05, 4.69) is 20.5 Å². The lowest BCUT2D eigenvalue weighted by Crippen LogP contribution is -2.16. The lowest BCUT2D eigenvalue weighted by Gasteiger charge is -2.19. The third kappa shape index (κ3) is 7.92. The number of hydrogen-bond donors (Lipinski definition) is 2. The van der Waals surface area contributed by atoms with Gasteiger partial charge in [0.25, 0.3) is 0 Å². The Hall–Kier alpha value is -4.14. The van der Waals surface area contributed by atoms with Crippen LogP contribution in [-0.4, -0.2) is 40.9 Å². The van der Waals surface area contributed by atoms with Crippen molar-refractivity contribution in [1.82, 2.24) is 20.5 Å². The molecule has 0 bridgehead atoms. The molecule has 204 valence electrons. The number of carbonyl (C=O) groups excluding carboxylic acids is 1. The molecule has 9 heteroatoms. The maximum atomic E-state index is 13.9. The molecule has 6 nitrogen and oxygen atoms in total. The number of aromatic nitrogens is 3. The maximum Gasteiger partial charge on any atom is 0.393 e. The fourth-order valence-electron chi connectivity index (χ4n) is 4.44. The number of nitrogens with zero attached hydrogens (tertiary/aromatic N) is 2. The summed E-state index contributed by atoms with van der Waals surface area (Å²) in [7, 11) is 1.63. The number of alkyl halides is 3. The standard InChI is InChI=1S/C30H31F3N4O2/c1-34-27(38)11-7-2-3-8-16-39-28-15-13-23(19-35-28)29(22-12-14-26-24(17-22)20-36-37-26)25(18-30(31,32)33)21-9-5-4-6-10-21/h4-6,9-10,12-15,17,19-20H,2-3,7-8,11,16,18H2,1H3,(H,34,38)(H,36,37)/b29-25-. The summed E-state index contributed by atoms with van der Waals surface area (Å²) in [6.45, 7) is 0.468. The molecule has 4 rings (SSSR count). The van der Waals surface area contributed by atoms with Crippen molar-refractivity contribution < 1.29 is 22.7 Å². The third-order valence-electron chi connectivity index (χ3n) is 6.38. The molecular formula is C30H31F3N4O2. The zero-order valence-corrected chi connectivity index (χ0v) is 21.7. The average Bonchev–Trinajstić information content (AvgIpc) is 3.41. The zero-order chi connectivity index (χ0) is 27.7. The number of allylic oxidation sites excluding steroid dienone is 1. The Labute approximate surface area is 225 Å². The molecule has 2 heterocycles. The van der Waals surface area contributed by atoms with E-state index in [1.54, 1.807) is 68.0 Å². The van der Waals surface area contributed by atoms with Crippen molar-refractivity contribution in [2.75, 3.05) is 13.7 Å². The first-order valence-electron chi connectivity index (χ1n) is 12.9. The quantitative estimate of drug-likeness (QED) is 0.152. The van der Waals surface area contributed by atoms with E-state index in [-0.39, 0.29) is 11.5 Å².